The zero-order chi connectivity index (χ0) is 20.3. The average Bonchev–Trinajstić information content (AvgIpc) is 3.38. The van der Waals surface area contributed by atoms with Crippen LogP contribution in [-0.2, 0) is 11.4 Å². The minimum absolute atomic E-state index is 0.153. The molecule has 1 heterocycles. The predicted octanol–water partition coefficient (Wildman–Crippen LogP) is 1.66. The zero-order valence-electron chi connectivity index (χ0n) is 16.1. The lowest BCUT2D eigenvalue weighted by Gasteiger charge is -2.12. The summed E-state index contributed by atoms with van der Waals surface area (Å²) >= 11 is 1.12. The van der Waals surface area contributed by atoms with E-state index in [1.165, 1.54) is 4.68 Å². The number of para-hydroxylation sites is 1. The van der Waals surface area contributed by atoms with Crippen molar-refractivity contribution in [2.24, 2.45) is 0 Å². The van der Waals surface area contributed by atoms with Crippen molar-refractivity contribution in [2.75, 3.05) is 5.84 Å². The summed E-state index contributed by atoms with van der Waals surface area (Å²) in [7, 11) is 0. The average molecular weight is 404 g/mol. The molecule has 3 rings (SSSR count). The van der Waals surface area contributed by atoms with Crippen molar-refractivity contribution in [1.82, 2.24) is 25.5 Å². The van der Waals surface area contributed by atoms with Gasteiger partial charge in [-0.25, -0.2) is 9.47 Å². The number of hydrogen-bond acceptors (Lipinski definition) is 7. The largest absolute Gasteiger partial charge is 0.485 e. The number of ether oxygens (including phenoxy) is 1. The maximum absolute atomic E-state index is 12.1. The first kappa shape index (κ1) is 20.0. The number of nitrogens with zero attached hydrogens (tertiary/aromatic N) is 3. The number of nitrogens with two attached hydrogens (primary N) is 1. The Morgan fingerprint density at radius 3 is 2.64 bits per heavy atom. The molecule has 0 bridgehead atoms. The maximum Gasteiger partial charge on any atom is 0.321 e. The molecule has 1 aromatic heterocycles. The Balaban J connectivity index is 1.56. The Hall–Kier alpha value is -2.75. The fourth-order valence-electron chi connectivity index (χ4n) is 2.52. The smallest absolute Gasteiger partial charge is 0.321 e. The number of carbonyl (C=O) groups excluding carboxylic acids is 2. The van der Waals surface area contributed by atoms with Gasteiger partial charge >= 0.3 is 6.03 Å². The number of benzene rings is 1. The number of aryl methyl sites for hydroxylation is 2. The van der Waals surface area contributed by atoms with E-state index in [1.54, 1.807) is 6.92 Å². The van der Waals surface area contributed by atoms with Crippen LogP contribution >= 0.6 is 11.8 Å². The summed E-state index contributed by atoms with van der Waals surface area (Å²) in [6.07, 6.45) is 1.91. The van der Waals surface area contributed by atoms with E-state index in [4.69, 9.17) is 10.6 Å². The Morgan fingerprint density at radius 1 is 1.32 bits per heavy atom. The molecule has 0 aliphatic heterocycles. The highest BCUT2D eigenvalue weighted by molar-refractivity contribution is 8.00. The van der Waals surface area contributed by atoms with Gasteiger partial charge in [0, 0.05) is 6.04 Å². The molecule has 4 N–H and O–H groups in total. The summed E-state index contributed by atoms with van der Waals surface area (Å²) in [5.41, 5.74) is 2.04. The minimum atomic E-state index is -0.566. The second kappa shape index (κ2) is 8.51. The van der Waals surface area contributed by atoms with Gasteiger partial charge in [-0.2, -0.15) is 0 Å². The molecular formula is C18H24N6O3S. The Morgan fingerprint density at radius 2 is 2.00 bits per heavy atom. The molecular weight excluding hydrogens is 380 g/mol. The monoisotopic (exact) mass is 404 g/mol. The van der Waals surface area contributed by atoms with Crippen molar-refractivity contribution in [2.45, 2.75) is 56.7 Å². The first-order valence-electron chi connectivity index (χ1n) is 9.01. The topological polar surface area (TPSA) is 124 Å². The molecule has 0 radical (unpaired) electrons. The van der Waals surface area contributed by atoms with E-state index in [0.717, 1.165) is 41.5 Å². The number of thioether (sulfide) groups is 1. The second-order valence-electron chi connectivity index (χ2n) is 6.78. The highest BCUT2D eigenvalue weighted by atomic mass is 32.2. The van der Waals surface area contributed by atoms with Crippen molar-refractivity contribution < 1.29 is 14.3 Å². The van der Waals surface area contributed by atoms with Crippen LogP contribution in [0, 0.1) is 13.8 Å². The number of rotatable bonds is 7. The van der Waals surface area contributed by atoms with E-state index in [-0.39, 0.29) is 12.6 Å². The normalized spacial score (nSPS) is 14.4. The number of nitrogen functional groups attached to an aromatic ring is 1. The number of imide groups is 1. The van der Waals surface area contributed by atoms with Gasteiger partial charge in [-0.15, -0.1) is 10.2 Å². The molecule has 1 aliphatic rings. The van der Waals surface area contributed by atoms with Gasteiger partial charge in [-0.05, 0) is 44.7 Å². The van der Waals surface area contributed by atoms with E-state index in [2.05, 4.69) is 20.8 Å². The molecule has 1 aromatic carbocycles. The third-order valence-electron chi connectivity index (χ3n) is 4.29. The first-order valence-corrected chi connectivity index (χ1v) is 9.89. The fourth-order valence-corrected chi connectivity index (χ4v) is 3.31. The number of hydrogen-bond donors (Lipinski definition) is 3. The van der Waals surface area contributed by atoms with E-state index in [1.807, 2.05) is 32.0 Å². The molecule has 9 nitrogen and oxygen atoms in total. The molecule has 28 heavy (non-hydrogen) atoms. The highest BCUT2D eigenvalue weighted by Gasteiger charge is 2.26. The van der Waals surface area contributed by atoms with Crippen LogP contribution in [0.4, 0.5) is 4.79 Å². The van der Waals surface area contributed by atoms with Gasteiger partial charge in [0.15, 0.2) is 5.82 Å². The SMILES string of the molecule is Cc1cccc(C)c1OCc1nnc(SC(C)C(=O)NC(=O)NC2CC2)n1N. The van der Waals surface area contributed by atoms with Crippen molar-refractivity contribution >= 4 is 23.7 Å². The molecule has 0 spiro atoms. The number of amides is 3. The van der Waals surface area contributed by atoms with Crippen LogP contribution in [0.5, 0.6) is 5.75 Å². The van der Waals surface area contributed by atoms with Crippen molar-refractivity contribution in [3.63, 3.8) is 0 Å². The standard InChI is InChI=1S/C18H24N6O3S/c1-10-5-4-6-11(2)15(10)27-9-14-22-23-18(24(14)19)28-12(3)16(25)21-17(26)20-13-7-8-13/h4-6,12-13H,7-9,19H2,1-3H3,(H2,20,21,25,26). The van der Waals surface area contributed by atoms with Crippen LogP contribution in [0.1, 0.15) is 36.7 Å². The molecule has 1 atom stereocenters. The van der Waals surface area contributed by atoms with Gasteiger partial charge in [0.2, 0.25) is 11.1 Å². The van der Waals surface area contributed by atoms with E-state index in [9.17, 15) is 9.59 Å². The Bertz CT molecular complexity index is 860. The van der Waals surface area contributed by atoms with Crippen LogP contribution in [0.15, 0.2) is 23.4 Å². The number of carbonyl (C=O) groups is 2. The lowest BCUT2D eigenvalue weighted by atomic mass is 10.1. The van der Waals surface area contributed by atoms with Crippen LogP contribution in [0.3, 0.4) is 0 Å². The number of nitrogens with one attached hydrogen (secondary N) is 2. The second-order valence-corrected chi connectivity index (χ2v) is 8.08. The Labute approximate surface area is 167 Å². The van der Waals surface area contributed by atoms with E-state index in [0.29, 0.717) is 11.0 Å². The summed E-state index contributed by atoms with van der Waals surface area (Å²) in [5.74, 6) is 6.85. The summed E-state index contributed by atoms with van der Waals surface area (Å²) in [6, 6.07) is 5.61. The third kappa shape index (κ3) is 4.94. The zero-order valence-corrected chi connectivity index (χ0v) is 16.9. The maximum atomic E-state index is 12.1. The quantitative estimate of drug-likeness (QED) is 0.473. The lowest BCUT2D eigenvalue weighted by Crippen LogP contribution is -2.43. The van der Waals surface area contributed by atoms with Crippen LogP contribution in [0.2, 0.25) is 0 Å². The molecule has 0 saturated heterocycles. The molecule has 10 heteroatoms. The fraction of sp³-hybridized carbons (Fsp3) is 0.444. The molecule has 150 valence electrons. The van der Waals surface area contributed by atoms with Crippen molar-refractivity contribution in [3.05, 3.63) is 35.2 Å². The highest BCUT2D eigenvalue weighted by Crippen LogP contribution is 2.24. The molecule has 1 aliphatic carbocycles. The number of urea groups is 1. The molecule has 1 fully saturated rings. The van der Waals surface area contributed by atoms with Gasteiger partial charge in [0.25, 0.3) is 0 Å². The molecule has 2 aromatic rings. The van der Waals surface area contributed by atoms with Gasteiger partial charge in [-0.3, -0.25) is 10.1 Å². The van der Waals surface area contributed by atoms with Crippen LogP contribution in [-0.4, -0.2) is 38.1 Å². The van der Waals surface area contributed by atoms with Gasteiger partial charge < -0.3 is 15.9 Å². The summed E-state index contributed by atoms with van der Waals surface area (Å²) < 4.78 is 7.15. The van der Waals surface area contributed by atoms with Crippen LogP contribution < -0.4 is 21.2 Å². The molecule has 1 saturated carbocycles. The summed E-state index contributed by atoms with van der Waals surface area (Å²) in [6.45, 7) is 5.76. The molecule has 3 amide bonds. The van der Waals surface area contributed by atoms with Crippen molar-refractivity contribution in [3.8, 4) is 5.75 Å². The Kier molecular flexibility index (Phi) is 6.08. The first-order chi connectivity index (χ1) is 13.3. The lowest BCUT2D eigenvalue weighted by molar-refractivity contribution is -0.119. The number of aromatic nitrogens is 3. The summed E-state index contributed by atoms with van der Waals surface area (Å²) in [5, 5.41) is 12.9. The van der Waals surface area contributed by atoms with Gasteiger partial charge in [0.1, 0.15) is 12.4 Å². The van der Waals surface area contributed by atoms with E-state index < -0.39 is 17.2 Å². The van der Waals surface area contributed by atoms with Gasteiger partial charge in [0.05, 0.1) is 5.25 Å². The van der Waals surface area contributed by atoms with Gasteiger partial charge in [-0.1, -0.05) is 30.0 Å². The third-order valence-corrected chi connectivity index (χ3v) is 5.35. The predicted molar refractivity (Wildman–Crippen MR) is 105 cm³/mol. The van der Waals surface area contributed by atoms with Crippen molar-refractivity contribution in [1.29, 1.82) is 0 Å². The molecule has 1 unspecified atom stereocenters. The summed E-state index contributed by atoms with van der Waals surface area (Å²) in [4.78, 5) is 23.8. The van der Waals surface area contributed by atoms with Crippen LogP contribution in [0.25, 0.3) is 0 Å². The van der Waals surface area contributed by atoms with E-state index >= 15 is 0 Å². The minimum Gasteiger partial charge on any atom is -0.485 e.